The molecule has 1 fully saturated rings. The number of rotatable bonds is 3. The maximum Gasteiger partial charge on any atom is 0.337 e. The van der Waals surface area contributed by atoms with Crippen LogP contribution in [0.2, 0.25) is 0 Å². The average Bonchev–Trinajstić information content (AvgIpc) is 2.40. The fourth-order valence-electron chi connectivity index (χ4n) is 2.39. The Balaban J connectivity index is 2.02. The average molecular weight is 278 g/mol. The van der Waals surface area contributed by atoms with E-state index in [1.165, 1.54) is 12.1 Å². The van der Waals surface area contributed by atoms with Gasteiger partial charge >= 0.3 is 5.97 Å². The lowest BCUT2D eigenvalue weighted by Crippen LogP contribution is -2.39. The number of pyridine rings is 1. The summed E-state index contributed by atoms with van der Waals surface area (Å²) in [6.45, 7) is 1.57. The number of nitrogens with one attached hydrogen (secondary N) is 1. The highest BCUT2D eigenvalue weighted by atomic mass is 16.4. The molecule has 20 heavy (non-hydrogen) atoms. The molecule has 1 aromatic rings. The van der Waals surface area contributed by atoms with Gasteiger partial charge in [0.25, 0.3) is 5.91 Å². The molecule has 1 aliphatic rings. The number of carbonyl (C=O) groups excluding carboxylic acids is 1. The van der Waals surface area contributed by atoms with Crippen molar-refractivity contribution in [1.82, 2.24) is 10.3 Å². The van der Waals surface area contributed by atoms with Gasteiger partial charge in [0, 0.05) is 6.04 Å². The Morgan fingerprint density at radius 2 is 1.90 bits per heavy atom. The van der Waals surface area contributed by atoms with Gasteiger partial charge in [-0.2, -0.15) is 0 Å². The fraction of sp³-hybridized carbons (Fsp3) is 0.500. The van der Waals surface area contributed by atoms with Gasteiger partial charge in [0.15, 0.2) is 0 Å². The molecule has 6 nitrogen and oxygen atoms in total. The molecule has 0 bridgehead atoms. The highest BCUT2D eigenvalue weighted by Gasteiger charge is 2.22. The number of aryl methyl sites for hydroxylation is 1. The fourth-order valence-corrected chi connectivity index (χ4v) is 2.39. The second-order valence-corrected chi connectivity index (χ2v) is 5.11. The zero-order valence-electron chi connectivity index (χ0n) is 11.3. The van der Waals surface area contributed by atoms with Crippen molar-refractivity contribution in [3.8, 4) is 0 Å². The molecule has 0 spiro atoms. The highest BCUT2D eigenvalue weighted by molar-refractivity contribution is 5.94. The Kier molecular flexibility index (Phi) is 4.34. The molecule has 0 radical (unpaired) electrons. The number of nitrogens with zero attached hydrogens (tertiary/aromatic N) is 1. The zero-order chi connectivity index (χ0) is 14.7. The third kappa shape index (κ3) is 3.33. The van der Waals surface area contributed by atoms with Crippen molar-refractivity contribution in [3.63, 3.8) is 0 Å². The lowest BCUT2D eigenvalue weighted by atomic mass is 9.93. The molecule has 0 aliphatic heterocycles. The van der Waals surface area contributed by atoms with E-state index in [9.17, 15) is 14.7 Å². The van der Waals surface area contributed by atoms with Crippen molar-refractivity contribution >= 4 is 11.9 Å². The molecule has 0 saturated heterocycles. The van der Waals surface area contributed by atoms with Gasteiger partial charge in [-0.3, -0.25) is 4.79 Å². The van der Waals surface area contributed by atoms with E-state index in [0.29, 0.717) is 18.5 Å². The standard InChI is InChI=1S/C14H18N2O4/c1-8-11(14(19)20)6-7-12(15-8)13(18)16-9-2-4-10(17)5-3-9/h6-7,9-10,17H,2-5H2,1H3,(H,16,18)(H,19,20). The van der Waals surface area contributed by atoms with Crippen molar-refractivity contribution in [1.29, 1.82) is 0 Å². The topological polar surface area (TPSA) is 99.5 Å². The summed E-state index contributed by atoms with van der Waals surface area (Å²) in [7, 11) is 0. The van der Waals surface area contributed by atoms with Gasteiger partial charge in [0.2, 0.25) is 0 Å². The molecule has 6 heteroatoms. The number of aromatic carboxylic acids is 1. The van der Waals surface area contributed by atoms with Crippen molar-refractivity contribution in [2.75, 3.05) is 0 Å². The van der Waals surface area contributed by atoms with Gasteiger partial charge in [0.05, 0.1) is 17.4 Å². The molecule has 0 atom stereocenters. The molecular weight excluding hydrogens is 260 g/mol. The molecule has 1 saturated carbocycles. The maximum absolute atomic E-state index is 12.0. The number of carboxylic acid groups (broad SMARTS) is 1. The molecule has 1 amide bonds. The van der Waals surface area contributed by atoms with E-state index in [-0.39, 0.29) is 29.3 Å². The lowest BCUT2D eigenvalue weighted by Gasteiger charge is -2.26. The third-order valence-corrected chi connectivity index (χ3v) is 3.58. The molecule has 1 aliphatic carbocycles. The summed E-state index contributed by atoms with van der Waals surface area (Å²) in [5, 5.41) is 21.2. The quantitative estimate of drug-likeness (QED) is 0.769. The number of hydrogen-bond donors (Lipinski definition) is 3. The van der Waals surface area contributed by atoms with Gasteiger partial charge in [0.1, 0.15) is 5.69 Å². The number of carboxylic acids is 1. The van der Waals surface area contributed by atoms with E-state index in [1.807, 2.05) is 0 Å². The van der Waals surface area contributed by atoms with Crippen LogP contribution in [-0.4, -0.2) is 39.2 Å². The van der Waals surface area contributed by atoms with Crippen LogP contribution in [0.5, 0.6) is 0 Å². The Morgan fingerprint density at radius 3 is 2.45 bits per heavy atom. The van der Waals surface area contributed by atoms with E-state index in [0.717, 1.165) is 12.8 Å². The first kappa shape index (κ1) is 14.5. The summed E-state index contributed by atoms with van der Waals surface area (Å²) >= 11 is 0. The summed E-state index contributed by atoms with van der Waals surface area (Å²) in [5.74, 6) is -1.35. The monoisotopic (exact) mass is 278 g/mol. The Morgan fingerprint density at radius 1 is 1.25 bits per heavy atom. The van der Waals surface area contributed by atoms with Gasteiger partial charge in [-0.1, -0.05) is 0 Å². The molecule has 108 valence electrons. The van der Waals surface area contributed by atoms with E-state index >= 15 is 0 Å². The Hall–Kier alpha value is -1.95. The van der Waals surface area contributed by atoms with Crippen LogP contribution in [0.1, 0.15) is 52.2 Å². The van der Waals surface area contributed by atoms with Crippen LogP contribution in [0.15, 0.2) is 12.1 Å². The molecule has 3 N–H and O–H groups in total. The van der Waals surface area contributed by atoms with Crippen LogP contribution >= 0.6 is 0 Å². The Labute approximate surface area is 116 Å². The predicted octanol–water partition coefficient (Wildman–Crippen LogP) is 1.12. The van der Waals surface area contributed by atoms with Crippen molar-refractivity contribution < 1.29 is 19.8 Å². The van der Waals surface area contributed by atoms with Crippen LogP contribution in [0.4, 0.5) is 0 Å². The minimum atomic E-state index is -1.05. The molecule has 0 aromatic carbocycles. The molecule has 0 unspecified atom stereocenters. The minimum absolute atomic E-state index is 0.0483. The van der Waals surface area contributed by atoms with Crippen molar-refractivity contribution in [3.05, 3.63) is 29.1 Å². The maximum atomic E-state index is 12.0. The summed E-state index contributed by atoms with van der Waals surface area (Å²) in [5.41, 5.74) is 0.644. The predicted molar refractivity (Wildman–Crippen MR) is 71.7 cm³/mol. The smallest absolute Gasteiger partial charge is 0.337 e. The van der Waals surface area contributed by atoms with E-state index < -0.39 is 5.97 Å². The molecule has 2 rings (SSSR count). The third-order valence-electron chi connectivity index (χ3n) is 3.58. The van der Waals surface area contributed by atoms with Gasteiger partial charge in [-0.05, 0) is 44.7 Å². The molecule has 1 heterocycles. The van der Waals surface area contributed by atoms with E-state index in [4.69, 9.17) is 5.11 Å². The highest BCUT2D eigenvalue weighted by Crippen LogP contribution is 2.18. The summed E-state index contributed by atoms with van der Waals surface area (Å²) in [6.07, 6.45) is 2.61. The lowest BCUT2D eigenvalue weighted by molar-refractivity contribution is 0.0694. The molecular formula is C14H18N2O4. The van der Waals surface area contributed by atoms with Gasteiger partial charge in [-0.25, -0.2) is 9.78 Å². The zero-order valence-corrected chi connectivity index (χ0v) is 11.3. The summed E-state index contributed by atoms with van der Waals surface area (Å²) < 4.78 is 0. The summed E-state index contributed by atoms with van der Waals surface area (Å²) in [6, 6.07) is 2.86. The van der Waals surface area contributed by atoms with Gasteiger partial charge in [-0.15, -0.1) is 0 Å². The van der Waals surface area contributed by atoms with Gasteiger partial charge < -0.3 is 15.5 Å². The van der Waals surface area contributed by atoms with Crippen LogP contribution in [-0.2, 0) is 0 Å². The second-order valence-electron chi connectivity index (χ2n) is 5.11. The number of amides is 1. The SMILES string of the molecule is Cc1nc(C(=O)NC2CCC(O)CC2)ccc1C(=O)O. The van der Waals surface area contributed by atoms with Crippen LogP contribution in [0, 0.1) is 6.92 Å². The number of aliphatic hydroxyl groups excluding tert-OH is 1. The van der Waals surface area contributed by atoms with E-state index in [1.54, 1.807) is 6.92 Å². The van der Waals surface area contributed by atoms with E-state index in [2.05, 4.69) is 10.3 Å². The first-order valence-electron chi connectivity index (χ1n) is 6.67. The summed E-state index contributed by atoms with van der Waals surface area (Å²) in [4.78, 5) is 27.0. The number of hydrogen-bond acceptors (Lipinski definition) is 4. The second kappa shape index (κ2) is 6.00. The van der Waals surface area contributed by atoms with Crippen LogP contribution in [0.3, 0.4) is 0 Å². The van der Waals surface area contributed by atoms with Crippen molar-refractivity contribution in [2.24, 2.45) is 0 Å². The number of aliphatic hydroxyl groups is 1. The first-order valence-corrected chi connectivity index (χ1v) is 6.67. The van der Waals surface area contributed by atoms with Crippen molar-refractivity contribution in [2.45, 2.75) is 44.8 Å². The minimum Gasteiger partial charge on any atom is -0.478 e. The number of carbonyl (C=O) groups is 2. The number of aromatic nitrogens is 1. The molecule has 1 aromatic heterocycles. The largest absolute Gasteiger partial charge is 0.478 e. The van der Waals surface area contributed by atoms with Crippen LogP contribution < -0.4 is 5.32 Å². The Bertz CT molecular complexity index is 522. The normalized spacial score (nSPS) is 22.3. The van der Waals surface area contributed by atoms with Crippen LogP contribution in [0.25, 0.3) is 0 Å². The first-order chi connectivity index (χ1) is 9.47.